The normalized spacial score (nSPS) is 11.3. The Morgan fingerprint density at radius 2 is 1.67 bits per heavy atom. The molecule has 9 heteroatoms. The Morgan fingerprint density at radius 1 is 0.958 bits per heavy atom. The lowest BCUT2D eigenvalue weighted by Gasteiger charge is -2.08. The number of hydrogen-bond acceptors (Lipinski definition) is 3. The van der Waals surface area contributed by atoms with E-state index in [1.807, 2.05) is 0 Å². The maximum atomic E-state index is 13.4. The Balaban J connectivity index is 1.92. The van der Waals surface area contributed by atoms with Crippen molar-refractivity contribution >= 4 is 21.6 Å². The molecule has 0 aliphatic carbocycles. The highest BCUT2D eigenvalue weighted by Crippen LogP contribution is 2.14. The van der Waals surface area contributed by atoms with Crippen LogP contribution in [-0.4, -0.2) is 20.9 Å². The molecule has 2 aromatic carbocycles. The Morgan fingerprint density at radius 3 is 2.33 bits per heavy atom. The van der Waals surface area contributed by atoms with Crippen LogP contribution < -0.4 is 10.0 Å². The zero-order valence-electron chi connectivity index (χ0n) is 12.2. The largest absolute Gasteiger partial charge is 0.324 e. The van der Waals surface area contributed by atoms with Crippen molar-refractivity contribution in [3.63, 3.8) is 0 Å². The molecule has 128 valence electrons. The molecule has 0 atom stereocenters. The minimum Gasteiger partial charge on any atom is -0.324 e. The summed E-state index contributed by atoms with van der Waals surface area (Å²) in [4.78, 5) is 11.2. The van der Waals surface area contributed by atoms with Crippen LogP contribution in [0.1, 0.15) is 6.42 Å². The number of carbonyl (C=O) groups excluding carboxylic acids is 1. The Labute approximate surface area is 136 Å². The lowest BCUT2D eigenvalue weighted by Crippen LogP contribution is -2.28. The Bertz CT molecular complexity index is 857. The average molecular weight is 358 g/mol. The fraction of sp³-hybridized carbons (Fsp3) is 0.133. The van der Waals surface area contributed by atoms with E-state index >= 15 is 0 Å². The molecule has 0 bridgehead atoms. The number of para-hydroxylation sites is 1. The lowest BCUT2D eigenvalue weighted by atomic mass is 10.3. The van der Waals surface area contributed by atoms with Gasteiger partial charge in [-0.05, 0) is 30.3 Å². The summed E-state index contributed by atoms with van der Waals surface area (Å²) in [5.74, 6) is -3.69. The monoisotopic (exact) mass is 358 g/mol. The summed E-state index contributed by atoms with van der Waals surface area (Å²) in [5.41, 5.74) is -0.0223. The molecule has 0 spiro atoms. The van der Waals surface area contributed by atoms with Crippen LogP contribution in [0.4, 0.5) is 18.9 Å². The van der Waals surface area contributed by atoms with Crippen molar-refractivity contribution in [2.75, 3.05) is 11.9 Å². The number of sulfonamides is 1. The second kappa shape index (κ2) is 7.45. The van der Waals surface area contributed by atoms with Gasteiger partial charge >= 0.3 is 0 Å². The highest BCUT2D eigenvalue weighted by atomic mass is 32.2. The summed E-state index contributed by atoms with van der Waals surface area (Å²) in [7, 11) is -4.09. The molecule has 0 saturated carbocycles. The van der Waals surface area contributed by atoms with E-state index in [1.165, 1.54) is 24.3 Å². The van der Waals surface area contributed by atoms with Crippen LogP contribution in [0.25, 0.3) is 0 Å². The zero-order chi connectivity index (χ0) is 17.7. The Kier molecular flexibility index (Phi) is 5.58. The summed E-state index contributed by atoms with van der Waals surface area (Å²) in [6, 6.07) is 7.65. The van der Waals surface area contributed by atoms with Gasteiger partial charge in [-0.3, -0.25) is 4.79 Å². The predicted molar refractivity (Wildman–Crippen MR) is 81.2 cm³/mol. The first-order valence-corrected chi connectivity index (χ1v) is 8.27. The summed E-state index contributed by atoms with van der Waals surface area (Å²) in [6.07, 6.45) is -0.267. The number of amides is 1. The van der Waals surface area contributed by atoms with Gasteiger partial charge in [0.2, 0.25) is 15.9 Å². The van der Waals surface area contributed by atoms with Gasteiger partial charge in [-0.25, -0.2) is 26.3 Å². The molecule has 0 fully saturated rings. The minimum atomic E-state index is -4.09. The highest BCUT2D eigenvalue weighted by Gasteiger charge is 2.16. The summed E-state index contributed by atoms with van der Waals surface area (Å²) in [5, 5.41) is 2.29. The van der Waals surface area contributed by atoms with Gasteiger partial charge in [0.15, 0.2) is 11.6 Å². The molecule has 24 heavy (non-hydrogen) atoms. The molecule has 2 rings (SSSR count). The smallest absolute Gasteiger partial charge is 0.240 e. The van der Waals surface area contributed by atoms with Gasteiger partial charge in [0, 0.05) is 13.0 Å². The van der Waals surface area contributed by atoms with E-state index in [0.717, 1.165) is 6.07 Å². The molecule has 1 amide bonds. The minimum absolute atomic E-state index is 0.0223. The summed E-state index contributed by atoms with van der Waals surface area (Å²) < 4.78 is 65.1. The van der Waals surface area contributed by atoms with E-state index in [4.69, 9.17) is 0 Å². The molecular formula is C15H13F3N2O3S. The highest BCUT2D eigenvalue weighted by molar-refractivity contribution is 7.89. The lowest BCUT2D eigenvalue weighted by molar-refractivity contribution is -0.116. The van der Waals surface area contributed by atoms with Crippen molar-refractivity contribution in [1.82, 2.24) is 4.72 Å². The third-order valence-corrected chi connectivity index (χ3v) is 4.45. The van der Waals surface area contributed by atoms with E-state index in [1.54, 1.807) is 0 Å². The topological polar surface area (TPSA) is 75.3 Å². The number of anilines is 1. The van der Waals surface area contributed by atoms with Gasteiger partial charge in [-0.15, -0.1) is 0 Å². The van der Waals surface area contributed by atoms with Gasteiger partial charge in [0.25, 0.3) is 0 Å². The second-order valence-electron chi connectivity index (χ2n) is 4.75. The maximum absolute atomic E-state index is 13.4. The second-order valence-corrected chi connectivity index (χ2v) is 6.52. The molecule has 5 nitrogen and oxygen atoms in total. The number of rotatable bonds is 6. The molecule has 0 aromatic heterocycles. The quantitative estimate of drug-likeness (QED) is 0.833. The van der Waals surface area contributed by atoms with Crippen LogP contribution in [0.3, 0.4) is 0 Å². The first-order valence-electron chi connectivity index (χ1n) is 6.79. The third kappa shape index (κ3) is 4.56. The molecule has 0 aliphatic rings. The van der Waals surface area contributed by atoms with Crippen LogP contribution in [0, 0.1) is 17.5 Å². The molecule has 2 N–H and O–H groups in total. The van der Waals surface area contributed by atoms with Crippen molar-refractivity contribution in [2.45, 2.75) is 11.3 Å². The van der Waals surface area contributed by atoms with Crippen molar-refractivity contribution in [3.8, 4) is 0 Å². The van der Waals surface area contributed by atoms with E-state index in [2.05, 4.69) is 10.0 Å². The fourth-order valence-corrected chi connectivity index (χ4v) is 2.84. The van der Waals surface area contributed by atoms with Gasteiger partial charge < -0.3 is 5.32 Å². The van der Waals surface area contributed by atoms with Crippen molar-refractivity contribution < 1.29 is 26.4 Å². The number of nitrogens with one attached hydrogen (secondary N) is 2. The summed E-state index contributed by atoms with van der Waals surface area (Å²) in [6.45, 7) is -0.290. The fourth-order valence-electron chi connectivity index (χ4n) is 1.80. The SMILES string of the molecule is O=C(CCNS(=O)(=O)c1ccc(F)c(F)c1)Nc1ccccc1F. The van der Waals surface area contributed by atoms with Gasteiger partial charge in [-0.1, -0.05) is 12.1 Å². The number of halogens is 3. The van der Waals surface area contributed by atoms with Crippen LogP contribution >= 0.6 is 0 Å². The van der Waals surface area contributed by atoms with Crippen LogP contribution in [0.2, 0.25) is 0 Å². The zero-order valence-corrected chi connectivity index (χ0v) is 13.0. The van der Waals surface area contributed by atoms with Gasteiger partial charge in [0.05, 0.1) is 10.6 Å². The van der Waals surface area contributed by atoms with Crippen LogP contribution in [0.5, 0.6) is 0 Å². The first kappa shape index (κ1) is 18.0. The standard InChI is InChI=1S/C15H13F3N2O3S/c16-11-6-5-10(9-13(11)18)24(22,23)19-8-7-15(21)20-14-4-2-1-3-12(14)17/h1-6,9,19H,7-8H2,(H,20,21). The van der Waals surface area contributed by atoms with Crippen molar-refractivity contribution in [3.05, 3.63) is 59.9 Å². The summed E-state index contributed by atoms with van der Waals surface area (Å²) >= 11 is 0. The van der Waals surface area contributed by atoms with E-state index < -0.39 is 38.3 Å². The Hall–Kier alpha value is -2.39. The molecule has 0 radical (unpaired) electrons. The number of benzene rings is 2. The van der Waals surface area contributed by atoms with Crippen LogP contribution in [-0.2, 0) is 14.8 Å². The third-order valence-electron chi connectivity index (χ3n) is 2.99. The molecule has 0 aliphatic heterocycles. The molecule has 0 unspecified atom stereocenters. The molecule has 0 saturated heterocycles. The maximum Gasteiger partial charge on any atom is 0.240 e. The molecular weight excluding hydrogens is 345 g/mol. The average Bonchev–Trinajstić information content (AvgIpc) is 2.52. The number of hydrogen-bond donors (Lipinski definition) is 2. The van der Waals surface area contributed by atoms with Crippen molar-refractivity contribution in [2.24, 2.45) is 0 Å². The van der Waals surface area contributed by atoms with E-state index in [0.29, 0.717) is 12.1 Å². The van der Waals surface area contributed by atoms with Gasteiger partial charge in [0.1, 0.15) is 5.82 Å². The van der Waals surface area contributed by atoms with E-state index in [9.17, 15) is 26.4 Å². The predicted octanol–water partition coefficient (Wildman–Crippen LogP) is 2.41. The molecule has 2 aromatic rings. The molecule has 0 heterocycles. The van der Waals surface area contributed by atoms with Gasteiger partial charge in [-0.2, -0.15) is 0 Å². The number of carbonyl (C=O) groups is 1. The first-order chi connectivity index (χ1) is 11.3. The van der Waals surface area contributed by atoms with Crippen LogP contribution in [0.15, 0.2) is 47.4 Å². The van der Waals surface area contributed by atoms with E-state index in [-0.39, 0.29) is 18.7 Å². The van der Waals surface area contributed by atoms with Crippen molar-refractivity contribution in [1.29, 1.82) is 0 Å².